The Balaban J connectivity index is 1.76. The van der Waals surface area contributed by atoms with Gasteiger partial charge >= 0.3 is 5.00 Å². The van der Waals surface area contributed by atoms with Gasteiger partial charge < -0.3 is 0 Å². The van der Waals surface area contributed by atoms with Gasteiger partial charge in [0.05, 0.1) is 16.2 Å². The minimum Gasteiger partial charge on any atom is -0.298 e. The topological polar surface area (TPSA) is 92.6 Å². The molecule has 30 heavy (non-hydrogen) atoms. The highest BCUT2D eigenvalue weighted by Gasteiger charge is 2.35. The summed E-state index contributed by atoms with van der Waals surface area (Å²) in [7, 11) is 0. The van der Waals surface area contributed by atoms with E-state index in [9.17, 15) is 19.7 Å². The van der Waals surface area contributed by atoms with Crippen molar-refractivity contribution in [1.82, 2.24) is 5.32 Å². The van der Waals surface area contributed by atoms with E-state index in [0.717, 1.165) is 11.3 Å². The summed E-state index contributed by atoms with van der Waals surface area (Å²) >= 11 is 13.4. The third-order valence-corrected chi connectivity index (χ3v) is 6.52. The van der Waals surface area contributed by atoms with Gasteiger partial charge in [-0.1, -0.05) is 22.9 Å². The summed E-state index contributed by atoms with van der Waals surface area (Å²) in [6.45, 7) is 0. The lowest BCUT2D eigenvalue weighted by Gasteiger charge is -2.28. The Morgan fingerprint density at radius 3 is 2.43 bits per heavy atom. The Bertz CT molecular complexity index is 1230. The fourth-order valence-electron chi connectivity index (χ4n) is 2.92. The van der Waals surface area contributed by atoms with E-state index in [1.165, 1.54) is 22.3 Å². The van der Waals surface area contributed by atoms with Crippen LogP contribution in [0.2, 0.25) is 5.02 Å². The Morgan fingerprint density at radius 1 is 1.07 bits per heavy atom. The fourth-order valence-corrected chi connectivity index (χ4v) is 4.89. The van der Waals surface area contributed by atoms with Crippen molar-refractivity contribution >= 4 is 80.2 Å². The molecule has 1 N–H and O–H groups in total. The molecule has 1 saturated heterocycles. The van der Waals surface area contributed by atoms with Crippen LogP contribution in [0.15, 0.2) is 52.7 Å². The Hall–Kier alpha value is -2.92. The summed E-state index contributed by atoms with van der Waals surface area (Å²) in [6, 6.07) is 9.82. The maximum Gasteiger partial charge on any atom is 0.331 e. The average molecular weight is 476 g/mol. The van der Waals surface area contributed by atoms with Gasteiger partial charge in [-0.05, 0) is 65.5 Å². The first kappa shape index (κ1) is 20.4. The van der Waals surface area contributed by atoms with Crippen LogP contribution in [0.5, 0.6) is 0 Å². The van der Waals surface area contributed by atoms with Crippen molar-refractivity contribution in [2.24, 2.45) is 0 Å². The molecule has 1 aromatic carbocycles. The zero-order chi connectivity index (χ0) is 21.4. The molecule has 3 heterocycles. The molecule has 0 unspecified atom stereocenters. The number of nitrogens with one attached hydrogen (secondary N) is 1. The standard InChI is InChI=1S/C19H10ClN3O4S3/c20-10-1-3-11(4-2-10)22-17(25)14(16(24)21-19(22)28)9-15-12(5-7-29-15)13-6-8-30-18(13)23(26)27/h1-9H,(H,21,24,28)/b14-9+. The molecular formula is C19H10ClN3O4S3. The SMILES string of the molecule is O=C1NC(=S)N(c2ccc(Cl)cc2)C(=O)/C1=C/c1sccc1-c1ccsc1[N+](=O)[O-]. The molecule has 1 aliphatic heterocycles. The summed E-state index contributed by atoms with van der Waals surface area (Å²) in [6.07, 6.45) is 1.43. The maximum atomic E-state index is 13.1. The van der Waals surface area contributed by atoms with Crippen molar-refractivity contribution in [2.75, 3.05) is 4.90 Å². The first-order valence-electron chi connectivity index (χ1n) is 8.33. The Morgan fingerprint density at radius 2 is 1.73 bits per heavy atom. The highest BCUT2D eigenvalue weighted by molar-refractivity contribution is 7.80. The Kier molecular flexibility index (Phi) is 5.48. The molecule has 0 atom stereocenters. The number of amides is 2. The molecule has 0 spiro atoms. The lowest BCUT2D eigenvalue weighted by molar-refractivity contribution is -0.379. The predicted octanol–water partition coefficient (Wildman–Crippen LogP) is 4.87. The van der Waals surface area contributed by atoms with E-state index in [0.29, 0.717) is 26.7 Å². The van der Waals surface area contributed by atoms with E-state index in [4.69, 9.17) is 23.8 Å². The minimum absolute atomic E-state index is 0.00330. The number of nitro groups is 1. The molecule has 0 saturated carbocycles. The molecule has 150 valence electrons. The molecule has 7 nitrogen and oxygen atoms in total. The number of nitrogens with zero attached hydrogens (tertiary/aromatic N) is 2. The van der Waals surface area contributed by atoms with E-state index in [1.54, 1.807) is 47.2 Å². The summed E-state index contributed by atoms with van der Waals surface area (Å²) in [5.74, 6) is -1.22. The first-order chi connectivity index (χ1) is 14.4. The number of benzene rings is 1. The average Bonchev–Trinajstić information content (AvgIpc) is 3.35. The van der Waals surface area contributed by atoms with Crippen molar-refractivity contribution in [3.8, 4) is 11.1 Å². The van der Waals surface area contributed by atoms with E-state index in [2.05, 4.69) is 5.32 Å². The van der Waals surface area contributed by atoms with Crippen LogP contribution in [-0.4, -0.2) is 21.9 Å². The van der Waals surface area contributed by atoms with Gasteiger partial charge in [0.15, 0.2) is 5.11 Å². The summed E-state index contributed by atoms with van der Waals surface area (Å²) < 4.78 is 0. The third-order valence-electron chi connectivity index (χ3n) is 4.26. The van der Waals surface area contributed by atoms with E-state index < -0.39 is 16.7 Å². The molecule has 1 aliphatic rings. The smallest absolute Gasteiger partial charge is 0.298 e. The zero-order valence-electron chi connectivity index (χ0n) is 14.8. The molecule has 1 fully saturated rings. The summed E-state index contributed by atoms with van der Waals surface area (Å²) in [4.78, 5) is 38.2. The summed E-state index contributed by atoms with van der Waals surface area (Å²) in [5, 5.41) is 17.6. The lowest BCUT2D eigenvalue weighted by atomic mass is 10.1. The van der Waals surface area contributed by atoms with Gasteiger partial charge in [0.2, 0.25) is 0 Å². The van der Waals surface area contributed by atoms with Gasteiger partial charge in [-0.2, -0.15) is 0 Å². The van der Waals surface area contributed by atoms with Crippen molar-refractivity contribution in [1.29, 1.82) is 0 Å². The predicted molar refractivity (Wildman–Crippen MR) is 122 cm³/mol. The van der Waals surface area contributed by atoms with Gasteiger partial charge in [-0.15, -0.1) is 11.3 Å². The second-order valence-electron chi connectivity index (χ2n) is 6.03. The Labute approximate surface area is 188 Å². The number of halogens is 1. The highest BCUT2D eigenvalue weighted by atomic mass is 35.5. The lowest BCUT2D eigenvalue weighted by Crippen LogP contribution is -2.54. The monoisotopic (exact) mass is 475 g/mol. The maximum absolute atomic E-state index is 13.1. The number of anilines is 1. The van der Waals surface area contributed by atoms with Crippen molar-refractivity contribution in [2.45, 2.75) is 0 Å². The number of thiophene rings is 2. The highest BCUT2D eigenvalue weighted by Crippen LogP contribution is 2.39. The zero-order valence-corrected chi connectivity index (χ0v) is 18.0. The largest absolute Gasteiger partial charge is 0.331 e. The second-order valence-corrected chi connectivity index (χ2v) is 8.69. The van der Waals surface area contributed by atoms with Crippen LogP contribution in [0, 0.1) is 10.1 Å². The van der Waals surface area contributed by atoms with Gasteiger partial charge in [0.1, 0.15) is 5.57 Å². The van der Waals surface area contributed by atoms with Crippen LogP contribution in [0.3, 0.4) is 0 Å². The third kappa shape index (κ3) is 3.65. The first-order valence-corrected chi connectivity index (χ1v) is 10.9. The normalized spacial score (nSPS) is 15.6. The molecule has 11 heteroatoms. The number of hydrogen-bond donors (Lipinski definition) is 1. The van der Waals surface area contributed by atoms with E-state index >= 15 is 0 Å². The number of carbonyl (C=O) groups is 2. The van der Waals surface area contributed by atoms with E-state index in [-0.39, 0.29) is 15.7 Å². The van der Waals surface area contributed by atoms with Gasteiger partial charge in [-0.3, -0.25) is 29.9 Å². The molecular weight excluding hydrogens is 466 g/mol. The molecule has 0 radical (unpaired) electrons. The molecule has 3 aromatic rings. The van der Waals surface area contributed by atoms with Crippen molar-refractivity contribution in [3.05, 3.63) is 72.7 Å². The number of rotatable bonds is 4. The second kappa shape index (κ2) is 8.07. The summed E-state index contributed by atoms with van der Waals surface area (Å²) in [5.41, 5.74) is 1.35. The fraction of sp³-hybridized carbons (Fsp3) is 0. The molecule has 0 aliphatic carbocycles. The number of thiocarbonyl (C=S) groups is 1. The van der Waals surface area contributed by atoms with Crippen LogP contribution in [-0.2, 0) is 9.59 Å². The van der Waals surface area contributed by atoms with Crippen LogP contribution >= 0.6 is 46.5 Å². The van der Waals surface area contributed by atoms with Crippen molar-refractivity contribution in [3.63, 3.8) is 0 Å². The van der Waals surface area contributed by atoms with Gasteiger partial charge in [0.25, 0.3) is 11.8 Å². The quantitative estimate of drug-likeness (QED) is 0.191. The van der Waals surface area contributed by atoms with Gasteiger partial charge in [0, 0.05) is 15.5 Å². The molecule has 0 bridgehead atoms. The van der Waals surface area contributed by atoms with E-state index in [1.807, 2.05) is 0 Å². The van der Waals surface area contributed by atoms with Crippen LogP contribution in [0.1, 0.15) is 4.88 Å². The van der Waals surface area contributed by atoms with Gasteiger partial charge in [-0.25, -0.2) is 0 Å². The van der Waals surface area contributed by atoms with Crippen LogP contribution < -0.4 is 10.2 Å². The van der Waals surface area contributed by atoms with Crippen LogP contribution in [0.4, 0.5) is 10.7 Å². The molecule has 4 rings (SSSR count). The molecule has 2 aromatic heterocycles. The number of hydrogen-bond acceptors (Lipinski definition) is 7. The number of carbonyl (C=O) groups excluding carboxylic acids is 2. The van der Waals surface area contributed by atoms with Crippen molar-refractivity contribution < 1.29 is 14.5 Å². The van der Waals surface area contributed by atoms with Crippen LogP contribution in [0.25, 0.3) is 17.2 Å². The minimum atomic E-state index is -0.630. The molecule has 2 amide bonds.